The first-order valence-corrected chi connectivity index (χ1v) is 12.5. The summed E-state index contributed by atoms with van der Waals surface area (Å²) in [4.78, 5) is 17.7. The number of hydrogen-bond acceptors (Lipinski definition) is 3. The lowest BCUT2D eigenvalue weighted by Crippen LogP contribution is -2.42. The maximum Gasteiger partial charge on any atom is 0.224 e. The van der Waals surface area contributed by atoms with Gasteiger partial charge in [0.15, 0.2) is 0 Å². The molecule has 32 heavy (non-hydrogen) atoms. The summed E-state index contributed by atoms with van der Waals surface area (Å²) in [6.07, 6.45) is 4.65. The van der Waals surface area contributed by atoms with E-state index in [9.17, 15) is 4.79 Å². The number of benzene rings is 2. The van der Waals surface area contributed by atoms with Crippen molar-refractivity contribution < 1.29 is 4.79 Å². The van der Waals surface area contributed by atoms with E-state index in [-0.39, 0.29) is 11.8 Å². The van der Waals surface area contributed by atoms with E-state index in [1.807, 2.05) is 12.1 Å². The number of carbonyl (C=O) groups excluding carboxylic acids is 1. The number of piperidine rings is 2. The van der Waals surface area contributed by atoms with Crippen molar-refractivity contribution in [1.82, 2.24) is 15.1 Å². The molecule has 0 saturated carbocycles. The van der Waals surface area contributed by atoms with Gasteiger partial charge in [-0.1, -0.05) is 54.9 Å². The quantitative estimate of drug-likeness (QED) is 0.633. The second-order valence-corrected chi connectivity index (χ2v) is 10.1. The van der Waals surface area contributed by atoms with Crippen LogP contribution in [0.25, 0.3) is 0 Å². The number of rotatable bonds is 7. The van der Waals surface area contributed by atoms with Crippen molar-refractivity contribution in [3.05, 3.63) is 70.2 Å². The molecule has 2 aliphatic heterocycles. The Kier molecular flexibility index (Phi) is 8.23. The van der Waals surface area contributed by atoms with E-state index in [1.54, 1.807) is 0 Å². The topological polar surface area (TPSA) is 35.6 Å². The molecule has 2 aromatic rings. The molecule has 5 heteroatoms. The minimum atomic E-state index is 0.0665. The first-order valence-electron chi connectivity index (χ1n) is 12.1. The first kappa shape index (κ1) is 23.3. The first-order chi connectivity index (χ1) is 15.5. The Labute approximate surface area is 197 Å². The van der Waals surface area contributed by atoms with E-state index in [1.165, 1.54) is 42.6 Å². The summed E-state index contributed by atoms with van der Waals surface area (Å²) in [6, 6.07) is 16.8. The van der Waals surface area contributed by atoms with Gasteiger partial charge in [-0.2, -0.15) is 0 Å². The highest BCUT2D eigenvalue weighted by molar-refractivity contribution is 6.30. The summed E-state index contributed by atoms with van der Waals surface area (Å²) in [5.41, 5.74) is 3.78. The van der Waals surface area contributed by atoms with Crippen LogP contribution in [0.1, 0.15) is 49.3 Å². The van der Waals surface area contributed by atoms with Gasteiger partial charge in [0.05, 0.1) is 5.92 Å². The zero-order valence-corrected chi connectivity index (χ0v) is 20.0. The lowest BCUT2D eigenvalue weighted by molar-refractivity contribution is -0.126. The Morgan fingerprint density at radius 1 is 0.875 bits per heavy atom. The highest BCUT2D eigenvalue weighted by Gasteiger charge is 2.25. The molecule has 2 heterocycles. The highest BCUT2D eigenvalue weighted by Crippen LogP contribution is 2.21. The molecular formula is C27H36ClN3O. The molecule has 1 amide bonds. The smallest absolute Gasteiger partial charge is 0.224 e. The van der Waals surface area contributed by atoms with Gasteiger partial charge in [-0.3, -0.25) is 14.6 Å². The van der Waals surface area contributed by atoms with E-state index in [0.717, 1.165) is 50.0 Å². The van der Waals surface area contributed by atoms with Crippen LogP contribution in [0.2, 0.25) is 5.02 Å². The van der Waals surface area contributed by atoms with Crippen molar-refractivity contribution in [2.45, 2.75) is 52.2 Å². The van der Waals surface area contributed by atoms with Crippen molar-refractivity contribution >= 4 is 17.5 Å². The van der Waals surface area contributed by atoms with Gasteiger partial charge in [-0.15, -0.1) is 0 Å². The number of nitrogens with zero attached hydrogens (tertiary/aromatic N) is 2. The van der Waals surface area contributed by atoms with Gasteiger partial charge >= 0.3 is 0 Å². The average molecular weight is 454 g/mol. The van der Waals surface area contributed by atoms with Crippen LogP contribution in [0.15, 0.2) is 48.5 Å². The normalized spacial score (nSPS) is 20.9. The fraction of sp³-hybridized carbons (Fsp3) is 0.519. The molecule has 0 aromatic heterocycles. The minimum Gasteiger partial charge on any atom is -0.352 e. The van der Waals surface area contributed by atoms with Crippen LogP contribution in [0.5, 0.6) is 0 Å². The molecule has 1 atom stereocenters. The van der Waals surface area contributed by atoms with Gasteiger partial charge in [0, 0.05) is 31.2 Å². The molecule has 172 valence electrons. The Balaban J connectivity index is 1.22. The molecule has 1 N–H and O–H groups in total. The molecule has 2 aliphatic rings. The van der Waals surface area contributed by atoms with Crippen molar-refractivity contribution in [2.75, 3.05) is 26.2 Å². The highest BCUT2D eigenvalue weighted by atomic mass is 35.5. The number of carbonyl (C=O) groups is 1. The van der Waals surface area contributed by atoms with Crippen LogP contribution in [-0.2, 0) is 24.4 Å². The molecule has 4 rings (SSSR count). The minimum absolute atomic E-state index is 0.0665. The average Bonchev–Trinajstić information content (AvgIpc) is 2.81. The third-order valence-electron chi connectivity index (χ3n) is 6.97. The third kappa shape index (κ3) is 6.81. The molecule has 1 unspecified atom stereocenters. The van der Waals surface area contributed by atoms with Crippen LogP contribution < -0.4 is 5.32 Å². The largest absolute Gasteiger partial charge is 0.352 e. The number of likely N-dealkylation sites (tertiary alicyclic amines) is 2. The van der Waals surface area contributed by atoms with Gasteiger partial charge in [0.25, 0.3) is 0 Å². The summed E-state index contributed by atoms with van der Waals surface area (Å²) < 4.78 is 0. The summed E-state index contributed by atoms with van der Waals surface area (Å²) in [5.74, 6) is 1.11. The molecule has 0 spiro atoms. The molecule has 0 bridgehead atoms. The van der Waals surface area contributed by atoms with Gasteiger partial charge in [-0.05, 0) is 80.1 Å². The van der Waals surface area contributed by atoms with Crippen LogP contribution in [0.3, 0.4) is 0 Å². The van der Waals surface area contributed by atoms with Gasteiger partial charge in [-0.25, -0.2) is 0 Å². The van der Waals surface area contributed by atoms with E-state index in [0.29, 0.717) is 6.54 Å². The van der Waals surface area contributed by atoms with E-state index < -0.39 is 0 Å². The fourth-order valence-corrected chi connectivity index (χ4v) is 4.96. The van der Waals surface area contributed by atoms with E-state index in [2.05, 4.69) is 58.4 Å². The fourth-order valence-electron chi connectivity index (χ4n) is 4.84. The van der Waals surface area contributed by atoms with Gasteiger partial charge in [0.2, 0.25) is 5.91 Å². The molecule has 2 fully saturated rings. The maximum atomic E-state index is 12.8. The van der Waals surface area contributed by atoms with Crippen molar-refractivity contribution in [1.29, 1.82) is 0 Å². The summed E-state index contributed by atoms with van der Waals surface area (Å²) in [7, 11) is 0. The summed E-state index contributed by atoms with van der Waals surface area (Å²) in [6.45, 7) is 9.14. The zero-order chi connectivity index (χ0) is 22.3. The third-order valence-corrected chi connectivity index (χ3v) is 7.22. The standard InChI is InChI=1S/C27H36ClN3O/c1-21-12-15-30(16-13-21)18-23-6-4-22(5-7-23)17-29-27(32)25-3-2-14-31(20-25)19-24-8-10-26(28)11-9-24/h4-11,21,25H,2-3,12-20H2,1H3,(H,29,32). The Hall–Kier alpha value is -1.88. The Morgan fingerprint density at radius 3 is 2.16 bits per heavy atom. The predicted octanol–water partition coefficient (Wildman–Crippen LogP) is 5.10. The molecule has 2 saturated heterocycles. The summed E-state index contributed by atoms with van der Waals surface area (Å²) in [5, 5.41) is 3.94. The monoisotopic (exact) mass is 453 g/mol. The molecule has 0 aliphatic carbocycles. The number of hydrogen-bond donors (Lipinski definition) is 1. The lowest BCUT2D eigenvalue weighted by atomic mass is 9.96. The second kappa shape index (κ2) is 11.3. The second-order valence-electron chi connectivity index (χ2n) is 9.69. The Morgan fingerprint density at radius 2 is 1.47 bits per heavy atom. The predicted molar refractivity (Wildman–Crippen MR) is 131 cm³/mol. The van der Waals surface area contributed by atoms with Gasteiger partial charge in [0.1, 0.15) is 0 Å². The Bertz CT molecular complexity index is 859. The molecular weight excluding hydrogens is 418 g/mol. The molecule has 2 aromatic carbocycles. The van der Waals surface area contributed by atoms with E-state index in [4.69, 9.17) is 11.6 Å². The molecule has 4 nitrogen and oxygen atoms in total. The number of nitrogens with one attached hydrogen (secondary N) is 1. The lowest BCUT2D eigenvalue weighted by Gasteiger charge is -2.32. The van der Waals surface area contributed by atoms with Crippen LogP contribution in [0.4, 0.5) is 0 Å². The maximum absolute atomic E-state index is 12.8. The van der Waals surface area contributed by atoms with Crippen molar-refractivity contribution in [2.24, 2.45) is 11.8 Å². The van der Waals surface area contributed by atoms with Crippen molar-refractivity contribution in [3.63, 3.8) is 0 Å². The molecule has 0 radical (unpaired) electrons. The number of amides is 1. The van der Waals surface area contributed by atoms with Crippen LogP contribution >= 0.6 is 11.6 Å². The van der Waals surface area contributed by atoms with Crippen LogP contribution in [0, 0.1) is 11.8 Å². The van der Waals surface area contributed by atoms with Crippen molar-refractivity contribution in [3.8, 4) is 0 Å². The number of halogens is 1. The van der Waals surface area contributed by atoms with E-state index >= 15 is 0 Å². The zero-order valence-electron chi connectivity index (χ0n) is 19.2. The van der Waals surface area contributed by atoms with Crippen LogP contribution in [-0.4, -0.2) is 41.9 Å². The summed E-state index contributed by atoms with van der Waals surface area (Å²) >= 11 is 5.99. The van der Waals surface area contributed by atoms with Gasteiger partial charge < -0.3 is 5.32 Å². The SMILES string of the molecule is CC1CCN(Cc2ccc(CNC(=O)C3CCCN(Cc4ccc(Cl)cc4)C3)cc2)CC1.